The second-order valence-electron chi connectivity index (χ2n) is 11.4. The van der Waals surface area contributed by atoms with Gasteiger partial charge in [-0.25, -0.2) is 8.42 Å². The van der Waals surface area contributed by atoms with Crippen LogP contribution in [0.4, 0.5) is 13.2 Å². The zero-order valence-electron chi connectivity index (χ0n) is 23.9. The Morgan fingerprint density at radius 3 is 2.39 bits per heavy atom. The van der Waals surface area contributed by atoms with Gasteiger partial charge in [0.2, 0.25) is 0 Å². The van der Waals surface area contributed by atoms with Crippen molar-refractivity contribution in [3.8, 4) is 0 Å². The van der Waals surface area contributed by atoms with E-state index in [9.17, 15) is 26.4 Å². The molecule has 1 amide bonds. The summed E-state index contributed by atoms with van der Waals surface area (Å²) < 4.78 is 68.8. The molecule has 4 rings (SSSR count). The quantitative estimate of drug-likeness (QED) is 0.291. The van der Waals surface area contributed by atoms with Gasteiger partial charge in [-0.3, -0.25) is 9.69 Å². The summed E-state index contributed by atoms with van der Waals surface area (Å²) in [6, 6.07) is 8.00. The van der Waals surface area contributed by atoms with Crippen LogP contribution in [0.25, 0.3) is 0 Å². The number of sulfone groups is 1. The molecule has 0 spiro atoms. The zero-order chi connectivity index (χ0) is 29.9. The molecule has 1 fully saturated rings. The standard InChI is InChI=1S/C30H39F3N2O4S2/c1-5-41(37,38)24-12-8-21(9-13-24)25(14-15-39-4)34-29(36)26-16-22-18-35(27(19(2)3)28(22)40-26)17-20-6-10-23(11-7-20)30(31,32)33/h8-9,12-16,19-20,23,25,27H,5-7,10-11,17-18H2,1-4H3,(H,34,36)/b15-14+/t20-,23-,25-,27?/m0/s1. The van der Waals surface area contributed by atoms with E-state index in [0.717, 1.165) is 22.5 Å². The monoisotopic (exact) mass is 612 g/mol. The number of alkyl halides is 3. The number of thiophene rings is 1. The smallest absolute Gasteiger partial charge is 0.391 e. The van der Waals surface area contributed by atoms with Crippen LogP contribution in [0.5, 0.6) is 0 Å². The summed E-state index contributed by atoms with van der Waals surface area (Å²) in [7, 11) is -1.82. The van der Waals surface area contributed by atoms with Crippen LogP contribution in [0.3, 0.4) is 0 Å². The molecular weight excluding hydrogens is 573 g/mol. The van der Waals surface area contributed by atoms with E-state index in [4.69, 9.17) is 4.74 Å². The van der Waals surface area contributed by atoms with Gasteiger partial charge in [-0.05, 0) is 72.9 Å². The first-order valence-corrected chi connectivity index (χ1v) is 16.6. The van der Waals surface area contributed by atoms with Crippen LogP contribution < -0.4 is 5.32 Å². The molecule has 0 radical (unpaired) electrons. The average Bonchev–Trinajstić information content (AvgIpc) is 3.48. The van der Waals surface area contributed by atoms with Crippen LogP contribution >= 0.6 is 11.3 Å². The zero-order valence-corrected chi connectivity index (χ0v) is 25.5. The van der Waals surface area contributed by atoms with Crippen LogP contribution in [0.2, 0.25) is 0 Å². The minimum atomic E-state index is -4.10. The topological polar surface area (TPSA) is 75.7 Å². The normalized spacial score (nSPS) is 22.7. The molecule has 6 nitrogen and oxygen atoms in total. The van der Waals surface area contributed by atoms with E-state index in [-0.39, 0.29) is 47.3 Å². The van der Waals surface area contributed by atoms with Gasteiger partial charge in [0.1, 0.15) is 0 Å². The maximum atomic E-state index is 13.4. The molecule has 0 bridgehead atoms. The maximum Gasteiger partial charge on any atom is 0.391 e. The average molecular weight is 613 g/mol. The molecule has 1 N–H and O–H groups in total. The number of nitrogens with one attached hydrogen (secondary N) is 1. The van der Waals surface area contributed by atoms with Gasteiger partial charge in [-0.15, -0.1) is 11.3 Å². The molecule has 1 aromatic heterocycles. The molecule has 2 atom stereocenters. The Balaban J connectivity index is 1.45. The van der Waals surface area contributed by atoms with E-state index in [0.29, 0.717) is 24.3 Å². The van der Waals surface area contributed by atoms with E-state index in [1.165, 1.54) is 24.7 Å². The number of nitrogens with zero attached hydrogens (tertiary/aromatic N) is 1. The molecule has 1 unspecified atom stereocenters. The Morgan fingerprint density at radius 2 is 1.83 bits per heavy atom. The van der Waals surface area contributed by atoms with Gasteiger partial charge in [0.25, 0.3) is 5.91 Å². The number of fused-ring (bicyclic) bond motifs is 1. The second kappa shape index (κ2) is 12.9. The molecule has 226 valence electrons. The largest absolute Gasteiger partial charge is 0.505 e. The van der Waals surface area contributed by atoms with Crippen molar-refractivity contribution >= 4 is 27.1 Å². The van der Waals surface area contributed by atoms with Crippen LogP contribution in [0.1, 0.15) is 84.2 Å². The van der Waals surface area contributed by atoms with E-state index in [1.807, 2.05) is 6.07 Å². The van der Waals surface area contributed by atoms with Crippen molar-refractivity contribution in [2.45, 2.75) is 76.2 Å². The Labute approximate surface area is 244 Å². The van der Waals surface area contributed by atoms with Gasteiger partial charge in [0.15, 0.2) is 9.84 Å². The summed E-state index contributed by atoms with van der Waals surface area (Å²) >= 11 is 1.47. The Bertz CT molecular complexity index is 1330. The maximum absolute atomic E-state index is 13.4. The van der Waals surface area contributed by atoms with E-state index in [2.05, 4.69) is 24.1 Å². The third kappa shape index (κ3) is 7.35. The van der Waals surface area contributed by atoms with Crippen LogP contribution in [-0.4, -0.2) is 44.8 Å². The van der Waals surface area contributed by atoms with E-state index >= 15 is 0 Å². The molecule has 0 saturated heterocycles. The van der Waals surface area contributed by atoms with Gasteiger partial charge in [-0.2, -0.15) is 13.2 Å². The summed E-state index contributed by atoms with van der Waals surface area (Å²) in [5.41, 5.74) is 1.82. The molecule has 1 aliphatic heterocycles. The van der Waals surface area contributed by atoms with Crippen molar-refractivity contribution in [1.82, 2.24) is 10.2 Å². The number of hydrogen-bond donors (Lipinski definition) is 1. The third-order valence-electron chi connectivity index (χ3n) is 8.21. The lowest BCUT2D eigenvalue weighted by Gasteiger charge is -2.35. The van der Waals surface area contributed by atoms with Crippen LogP contribution in [0, 0.1) is 17.8 Å². The molecule has 1 saturated carbocycles. The van der Waals surface area contributed by atoms with Crippen molar-refractivity contribution in [3.05, 3.63) is 63.6 Å². The van der Waals surface area contributed by atoms with Crippen molar-refractivity contribution in [2.24, 2.45) is 17.8 Å². The fraction of sp³-hybridized carbons (Fsp3) is 0.567. The highest BCUT2D eigenvalue weighted by atomic mass is 32.2. The molecule has 11 heteroatoms. The molecule has 41 heavy (non-hydrogen) atoms. The summed E-state index contributed by atoms with van der Waals surface area (Å²) in [4.78, 5) is 17.7. The predicted molar refractivity (Wildman–Crippen MR) is 154 cm³/mol. The minimum Gasteiger partial charge on any atom is -0.505 e. The van der Waals surface area contributed by atoms with Crippen molar-refractivity contribution < 1.29 is 31.1 Å². The lowest BCUT2D eigenvalue weighted by atomic mass is 9.81. The van der Waals surface area contributed by atoms with E-state index in [1.54, 1.807) is 37.3 Å². The van der Waals surface area contributed by atoms with Gasteiger partial charge in [0, 0.05) is 24.0 Å². The molecule has 1 aliphatic carbocycles. The van der Waals surface area contributed by atoms with Gasteiger partial charge in [-0.1, -0.05) is 32.9 Å². The highest BCUT2D eigenvalue weighted by molar-refractivity contribution is 7.91. The molecule has 2 aromatic rings. The highest BCUT2D eigenvalue weighted by Gasteiger charge is 2.43. The number of halogens is 3. The lowest BCUT2D eigenvalue weighted by Crippen LogP contribution is -2.35. The first-order valence-electron chi connectivity index (χ1n) is 14.1. The highest BCUT2D eigenvalue weighted by Crippen LogP contribution is 2.46. The number of carbonyl (C=O) groups excluding carboxylic acids is 1. The number of carbonyl (C=O) groups is 1. The molecule has 2 heterocycles. The summed E-state index contributed by atoms with van der Waals surface area (Å²) in [5.74, 6) is -0.871. The number of methoxy groups -OCH3 is 1. The number of hydrogen-bond acceptors (Lipinski definition) is 6. The van der Waals surface area contributed by atoms with Crippen molar-refractivity contribution in [2.75, 3.05) is 19.4 Å². The van der Waals surface area contributed by atoms with Gasteiger partial charge < -0.3 is 10.1 Å². The Hall–Kier alpha value is -2.37. The van der Waals surface area contributed by atoms with Crippen LogP contribution in [-0.2, 0) is 21.1 Å². The Morgan fingerprint density at radius 1 is 1.17 bits per heavy atom. The van der Waals surface area contributed by atoms with Crippen LogP contribution in [0.15, 0.2) is 47.6 Å². The predicted octanol–water partition coefficient (Wildman–Crippen LogP) is 7.05. The summed E-state index contributed by atoms with van der Waals surface area (Å²) in [6.45, 7) is 7.32. The third-order valence-corrected chi connectivity index (χ3v) is 11.2. The van der Waals surface area contributed by atoms with Gasteiger partial charge in [0.05, 0.1) is 40.9 Å². The van der Waals surface area contributed by atoms with Crippen molar-refractivity contribution in [1.29, 1.82) is 0 Å². The van der Waals surface area contributed by atoms with Gasteiger partial charge >= 0.3 is 6.18 Å². The SMILES string of the molecule is CCS(=O)(=O)c1ccc([C@H](/C=C/OC)NC(=O)c2cc3c(s2)C(C(C)C)N(C[C@H]2CC[C@H](C(F)(F)F)CC2)C3)cc1. The molecule has 2 aliphatic rings. The number of rotatable bonds is 10. The van der Waals surface area contributed by atoms with Crippen molar-refractivity contribution in [3.63, 3.8) is 0 Å². The first kappa shape index (κ1) is 31.6. The lowest BCUT2D eigenvalue weighted by molar-refractivity contribution is -0.184. The minimum absolute atomic E-state index is 0.00706. The number of benzene rings is 1. The first-order chi connectivity index (χ1) is 19.3. The second-order valence-corrected chi connectivity index (χ2v) is 14.7. The molecular formula is C30H39F3N2O4S2. The van der Waals surface area contributed by atoms with E-state index < -0.39 is 28.0 Å². The fourth-order valence-electron chi connectivity index (χ4n) is 5.98. The number of ether oxygens (including phenoxy) is 1. The molecule has 1 aromatic carbocycles. The Kier molecular flexibility index (Phi) is 9.91. The summed E-state index contributed by atoms with van der Waals surface area (Å²) in [6.07, 6.45) is 0.674. The fourth-order valence-corrected chi connectivity index (χ4v) is 8.25. The number of amides is 1. The summed E-state index contributed by atoms with van der Waals surface area (Å²) in [5, 5.41) is 3.03.